The number of hydrogen-bond donors (Lipinski definition) is 1. The maximum absolute atomic E-state index is 5.61. The summed E-state index contributed by atoms with van der Waals surface area (Å²) in [5, 5.41) is 3.49. The van der Waals surface area contributed by atoms with Crippen molar-refractivity contribution in [1.29, 1.82) is 0 Å². The Morgan fingerprint density at radius 1 is 1.40 bits per heavy atom. The molecule has 0 aromatic heterocycles. The van der Waals surface area contributed by atoms with Gasteiger partial charge in [0, 0.05) is 38.8 Å². The van der Waals surface area contributed by atoms with E-state index >= 15 is 0 Å². The van der Waals surface area contributed by atoms with E-state index in [0.29, 0.717) is 12.1 Å². The first kappa shape index (κ1) is 11.4. The highest BCUT2D eigenvalue weighted by atomic mass is 16.5. The minimum Gasteiger partial charge on any atom is -0.380 e. The Labute approximate surface area is 93.2 Å². The van der Waals surface area contributed by atoms with Crippen molar-refractivity contribution in [3.05, 3.63) is 0 Å². The lowest BCUT2D eigenvalue weighted by atomic mass is 10.0. The first-order valence-electron chi connectivity index (χ1n) is 6.36. The van der Waals surface area contributed by atoms with Gasteiger partial charge in [-0.1, -0.05) is 6.92 Å². The maximum atomic E-state index is 5.61. The lowest BCUT2D eigenvalue weighted by molar-refractivity contribution is 0.00463. The van der Waals surface area contributed by atoms with E-state index in [0.717, 1.165) is 19.1 Å². The lowest BCUT2D eigenvalue weighted by Gasteiger charge is -2.41. The number of nitrogens with zero attached hydrogens (tertiary/aromatic N) is 1. The highest BCUT2D eigenvalue weighted by Gasteiger charge is 2.36. The van der Waals surface area contributed by atoms with Crippen LogP contribution in [0.2, 0.25) is 0 Å². The Kier molecular flexibility index (Phi) is 4.00. The van der Waals surface area contributed by atoms with Gasteiger partial charge in [-0.2, -0.15) is 0 Å². The van der Waals surface area contributed by atoms with Gasteiger partial charge in [0.1, 0.15) is 0 Å². The fourth-order valence-corrected chi connectivity index (χ4v) is 3.15. The fraction of sp³-hybridized carbons (Fsp3) is 1.00. The molecule has 88 valence electrons. The number of hydrogen-bond acceptors (Lipinski definition) is 3. The molecule has 0 aromatic carbocycles. The second-order valence-electron chi connectivity index (χ2n) is 4.78. The quantitative estimate of drug-likeness (QED) is 0.762. The van der Waals surface area contributed by atoms with Crippen LogP contribution in [-0.4, -0.2) is 49.8 Å². The standard InChI is InChI=1S/C12H24N2O/c1-3-10-9-13-7-8-14(10)11-5-4-6-12(11)15-2/h10-13H,3-9H2,1-2H3. The van der Waals surface area contributed by atoms with Gasteiger partial charge in [-0.15, -0.1) is 0 Å². The van der Waals surface area contributed by atoms with E-state index in [4.69, 9.17) is 4.74 Å². The number of methoxy groups -OCH3 is 1. The summed E-state index contributed by atoms with van der Waals surface area (Å²) in [5.41, 5.74) is 0. The van der Waals surface area contributed by atoms with E-state index in [2.05, 4.69) is 17.1 Å². The molecular weight excluding hydrogens is 188 g/mol. The van der Waals surface area contributed by atoms with Gasteiger partial charge >= 0.3 is 0 Å². The molecular formula is C12H24N2O. The molecule has 0 spiro atoms. The Balaban J connectivity index is 1.99. The van der Waals surface area contributed by atoms with Crippen molar-refractivity contribution in [3.8, 4) is 0 Å². The molecule has 2 aliphatic rings. The summed E-state index contributed by atoms with van der Waals surface area (Å²) >= 11 is 0. The van der Waals surface area contributed by atoms with E-state index in [1.165, 1.54) is 32.2 Å². The van der Waals surface area contributed by atoms with Crippen molar-refractivity contribution in [2.24, 2.45) is 0 Å². The molecule has 1 N–H and O–H groups in total. The zero-order valence-corrected chi connectivity index (χ0v) is 10.0. The number of piperazine rings is 1. The van der Waals surface area contributed by atoms with Gasteiger partial charge in [-0.25, -0.2) is 0 Å². The Morgan fingerprint density at radius 2 is 2.27 bits per heavy atom. The van der Waals surface area contributed by atoms with Crippen LogP contribution in [0.3, 0.4) is 0 Å². The third-order valence-corrected chi connectivity index (χ3v) is 4.01. The second kappa shape index (κ2) is 5.28. The highest BCUT2D eigenvalue weighted by Crippen LogP contribution is 2.28. The molecule has 1 saturated carbocycles. The van der Waals surface area contributed by atoms with Crippen LogP contribution < -0.4 is 5.32 Å². The molecule has 3 atom stereocenters. The van der Waals surface area contributed by atoms with Gasteiger partial charge in [0.05, 0.1) is 6.10 Å². The van der Waals surface area contributed by atoms with Crippen LogP contribution in [0.1, 0.15) is 32.6 Å². The van der Waals surface area contributed by atoms with Crippen molar-refractivity contribution in [1.82, 2.24) is 10.2 Å². The van der Waals surface area contributed by atoms with Crippen molar-refractivity contribution in [2.45, 2.75) is 50.8 Å². The van der Waals surface area contributed by atoms with Gasteiger partial charge in [-0.05, 0) is 25.7 Å². The molecule has 0 radical (unpaired) electrons. The number of rotatable bonds is 3. The van der Waals surface area contributed by atoms with Crippen LogP contribution in [0.25, 0.3) is 0 Å². The third-order valence-electron chi connectivity index (χ3n) is 4.01. The summed E-state index contributed by atoms with van der Waals surface area (Å²) in [6.45, 7) is 5.79. The van der Waals surface area contributed by atoms with E-state index in [9.17, 15) is 0 Å². The molecule has 0 aromatic rings. The molecule has 0 bridgehead atoms. The molecule has 1 saturated heterocycles. The van der Waals surface area contributed by atoms with Crippen molar-refractivity contribution in [2.75, 3.05) is 26.7 Å². The van der Waals surface area contributed by atoms with Gasteiger partial charge < -0.3 is 10.1 Å². The highest BCUT2D eigenvalue weighted by molar-refractivity contribution is 4.92. The van der Waals surface area contributed by atoms with Crippen LogP contribution in [0.5, 0.6) is 0 Å². The molecule has 0 amide bonds. The van der Waals surface area contributed by atoms with E-state index < -0.39 is 0 Å². The molecule has 3 heteroatoms. The van der Waals surface area contributed by atoms with Crippen molar-refractivity contribution < 1.29 is 4.74 Å². The monoisotopic (exact) mass is 212 g/mol. The average Bonchev–Trinajstić information content (AvgIpc) is 2.76. The Morgan fingerprint density at radius 3 is 3.00 bits per heavy atom. The maximum Gasteiger partial charge on any atom is 0.0726 e. The lowest BCUT2D eigenvalue weighted by Crippen LogP contribution is -2.56. The van der Waals surface area contributed by atoms with Crippen molar-refractivity contribution >= 4 is 0 Å². The van der Waals surface area contributed by atoms with Crippen LogP contribution in [0, 0.1) is 0 Å². The SMILES string of the molecule is CCC1CNCCN1C1CCCC1OC. The van der Waals surface area contributed by atoms with Crippen LogP contribution in [-0.2, 0) is 4.74 Å². The summed E-state index contributed by atoms with van der Waals surface area (Å²) in [7, 11) is 1.87. The molecule has 15 heavy (non-hydrogen) atoms. The molecule has 2 fully saturated rings. The molecule has 1 aliphatic carbocycles. The van der Waals surface area contributed by atoms with Crippen LogP contribution in [0.4, 0.5) is 0 Å². The number of ether oxygens (including phenoxy) is 1. The minimum absolute atomic E-state index is 0.483. The largest absolute Gasteiger partial charge is 0.380 e. The topological polar surface area (TPSA) is 24.5 Å². The fourth-order valence-electron chi connectivity index (χ4n) is 3.15. The van der Waals surface area contributed by atoms with Gasteiger partial charge in [0.25, 0.3) is 0 Å². The average molecular weight is 212 g/mol. The zero-order valence-electron chi connectivity index (χ0n) is 10.0. The summed E-state index contributed by atoms with van der Waals surface area (Å²) in [6.07, 6.45) is 5.65. The number of nitrogens with one attached hydrogen (secondary N) is 1. The smallest absolute Gasteiger partial charge is 0.0726 e. The van der Waals surface area contributed by atoms with E-state index in [-0.39, 0.29) is 0 Å². The predicted octanol–water partition coefficient (Wildman–Crippen LogP) is 1.24. The van der Waals surface area contributed by atoms with E-state index in [1.807, 2.05) is 7.11 Å². The molecule has 3 unspecified atom stereocenters. The summed E-state index contributed by atoms with van der Waals surface area (Å²) in [6, 6.07) is 1.40. The van der Waals surface area contributed by atoms with Crippen LogP contribution >= 0.6 is 0 Å². The van der Waals surface area contributed by atoms with E-state index in [1.54, 1.807) is 0 Å². The molecule has 3 nitrogen and oxygen atoms in total. The van der Waals surface area contributed by atoms with Gasteiger partial charge in [0.2, 0.25) is 0 Å². The first-order chi connectivity index (χ1) is 7.36. The Hall–Kier alpha value is -0.120. The first-order valence-corrected chi connectivity index (χ1v) is 6.36. The van der Waals surface area contributed by atoms with Crippen LogP contribution in [0.15, 0.2) is 0 Å². The second-order valence-corrected chi connectivity index (χ2v) is 4.78. The van der Waals surface area contributed by atoms with Gasteiger partial charge in [-0.3, -0.25) is 4.90 Å². The third kappa shape index (κ3) is 2.35. The molecule has 2 rings (SSSR count). The minimum atomic E-state index is 0.483. The summed E-state index contributed by atoms with van der Waals surface area (Å²) in [4.78, 5) is 2.69. The Bertz CT molecular complexity index is 198. The predicted molar refractivity (Wildman–Crippen MR) is 62.1 cm³/mol. The summed E-state index contributed by atoms with van der Waals surface area (Å²) < 4.78 is 5.61. The zero-order chi connectivity index (χ0) is 10.7. The van der Waals surface area contributed by atoms with Crippen molar-refractivity contribution in [3.63, 3.8) is 0 Å². The molecule has 1 heterocycles. The normalized spacial score (nSPS) is 38.4. The van der Waals surface area contributed by atoms with Gasteiger partial charge in [0.15, 0.2) is 0 Å². The summed E-state index contributed by atoms with van der Waals surface area (Å²) in [5.74, 6) is 0. The molecule has 1 aliphatic heterocycles.